The standard InChI is InChI=1S/C16H17ClN2O3/c1-9-14(19-16(22-9)10-4-3-5-10)15(20)18-11-6-7-13(21-2)12(17)8-11/h6-8,10H,3-5H2,1-2H3,(H,18,20). The summed E-state index contributed by atoms with van der Waals surface area (Å²) in [6, 6.07) is 5.07. The highest BCUT2D eigenvalue weighted by molar-refractivity contribution is 6.32. The molecule has 0 saturated heterocycles. The number of rotatable bonds is 4. The molecule has 2 aromatic rings. The first-order valence-electron chi connectivity index (χ1n) is 7.20. The maximum Gasteiger partial charge on any atom is 0.277 e. The number of ether oxygens (including phenoxy) is 1. The van der Waals surface area contributed by atoms with Gasteiger partial charge in [0.2, 0.25) is 0 Å². The number of oxazole rings is 1. The molecule has 1 aromatic heterocycles. The van der Waals surface area contributed by atoms with Gasteiger partial charge in [0.15, 0.2) is 11.6 Å². The van der Waals surface area contributed by atoms with Gasteiger partial charge in [-0.05, 0) is 38.0 Å². The van der Waals surface area contributed by atoms with E-state index >= 15 is 0 Å². The summed E-state index contributed by atoms with van der Waals surface area (Å²) in [6.07, 6.45) is 3.35. The molecule has 6 heteroatoms. The highest BCUT2D eigenvalue weighted by Gasteiger charge is 2.27. The smallest absolute Gasteiger partial charge is 0.277 e. The lowest BCUT2D eigenvalue weighted by molar-refractivity contribution is 0.102. The van der Waals surface area contributed by atoms with Crippen LogP contribution in [-0.4, -0.2) is 18.0 Å². The lowest BCUT2D eigenvalue weighted by atomic mass is 9.85. The fourth-order valence-corrected chi connectivity index (χ4v) is 2.65. The summed E-state index contributed by atoms with van der Waals surface area (Å²) in [4.78, 5) is 16.7. The zero-order valence-electron chi connectivity index (χ0n) is 12.5. The molecule has 1 N–H and O–H groups in total. The molecule has 5 nitrogen and oxygen atoms in total. The van der Waals surface area contributed by atoms with Gasteiger partial charge in [-0.25, -0.2) is 4.98 Å². The molecule has 1 saturated carbocycles. The third kappa shape index (κ3) is 2.81. The van der Waals surface area contributed by atoms with E-state index in [4.69, 9.17) is 20.8 Å². The number of carbonyl (C=O) groups is 1. The van der Waals surface area contributed by atoms with Crippen molar-refractivity contribution in [3.63, 3.8) is 0 Å². The number of halogens is 1. The van der Waals surface area contributed by atoms with Crippen molar-refractivity contribution in [2.75, 3.05) is 12.4 Å². The predicted molar refractivity (Wildman–Crippen MR) is 83.8 cm³/mol. The topological polar surface area (TPSA) is 64.4 Å². The van der Waals surface area contributed by atoms with Crippen LogP contribution in [0.1, 0.15) is 47.3 Å². The Morgan fingerprint density at radius 2 is 2.23 bits per heavy atom. The molecule has 0 spiro atoms. The average molecular weight is 321 g/mol. The van der Waals surface area contributed by atoms with Crippen molar-refractivity contribution in [2.24, 2.45) is 0 Å². The van der Waals surface area contributed by atoms with Crippen LogP contribution in [0.3, 0.4) is 0 Å². The second kappa shape index (κ2) is 6.01. The normalized spacial score (nSPS) is 14.5. The van der Waals surface area contributed by atoms with Gasteiger partial charge in [0, 0.05) is 11.6 Å². The molecule has 1 fully saturated rings. The molecule has 1 aliphatic carbocycles. The van der Waals surface area contributed by atoms with Crippen molar-refractivity contribution >= 4 is 23.2 Å². The second-order valence-electron chi connectivity index (χ2n) is 5.39. The number of nitrogens with zero attached hydrogens (tertiary/aromatic N) is 1. The van der Waals surface area contributed by atoms with Crippen LogP contribution >= 0.6 is 11.6 Å². The van der Waals surface area contributed by atoms with E-state index in [1.807, 2.05) is 0 Å². The van der Waals surface area contributed by atoms with Crippen LogP contribution in [0.25, 0.3) is 0 Å². The fourth-order valence-electron chi connectivity index (χ4n) is 2.39. The van der Waals surface area contributed by atoms with Crippen molar-refractivity contribution in [1.82, 2.24) is 4.98 Å². The van der Waals surface area contributed by atoms with Crippen LogP contribution in [0.5, 0.6) is 5.75 Å². The molecule has 0 bridgehead atoms. The molecule has 22 heavy (non-hydrogen) atoms. The molecule has 1 amide bonds. The minimum absolute atomic E-state index is 0.298. The van der Waals surface area contributed by atoms with E-state index < -0.39 is 0 Å². The number of aromatic nitrogens is 1. The van der Waals surface area contributed by atoms with Gasteiger partial charge >= 0.3 is 0 Å². The van der Waals surface area contributed by atoms with Gasteiger partial charge < -0.3 is 14.5 Å². The number of aryl methyl sites for hydroxylation is 1. The lowest BCUT2D eigenvalue weighted by Gasteiger charge is -2.21. The third-order valence-corrected chi connectivity index (χ3v) is 4.19. The van der Waals surface area contributed by atoms with Crippen LogP contribution in [0.4, 0.5) is 5.69 Å². The van der Waals surface area contributed by atoms with Crippen LogP contribution in [0, 0.1) is 6.92 Å². The number of nitrogens with one attached hydrogen (secondary N) is 1. The second-order valence-corrected chi connectivity index (χ2v) is 5.80. The Labute approximate surface area is 133 Å². The average Bonchev–Trinajstić information content (AvgIpc) is 2.78. The van der Waals surface area contributed by atoms with Gasteiger partial charge in [0.1, 0.15) is 11.5 Å². The summed E-state index contributed by atoms with van der Waals surface area (Å²) in [5, 5.41) is 3.22. The Balaban J connectivity index is 1.76. The van der Waals surface area contributed by atoms with Gasteiger partial charge in [-0.15, -0.1) is 0 Å². The van der Waals surface area contributed by atoms with Gasteiger partial charge in [-0.1, -0.05) is 18.0 Å². The lowest BCUT2D eigenvalue weighted by Crippen LogP contribution is -2.14. The number of methoxy groups -OCH3 is 1. The van der Waals surface area contributed by atoms with E-state index in [9.17, 15) is 4.79 Å². The zero-order valence-corrected chi connectivity index (χ0v) is 13.2. The Morgan fingerprint density at radius 3 is 2.82 bits per heavy atom. The number of amides is 1. The van der Waals surface area contributed by atoms with E-state index in [0.29, 0.717) is 39.7 Å². The Kier molecular flexibility index (Phi) is 4.07. The first-order valence-corrected chi connectivity index (χ1v) is 7.58. The molecule has 1 aliphatic rings. The summed E-state index contributed by atoms with van der Waals surface area (Å²) >= 11 is 6.05. The van der Waals surface area contributed by atoms with Crippen molar-refractivity contribution in [3.8, 4) is 5.75 Å². The van der Waals surface area contributed by atoms with Gasteiger partial charge in [-0.3, -0.25) is 4.79 Å². The minimum atomic E-state index is -0.298. The van der Waals surface area contributed by atoms with E-state index in [0.717, 1.165) is 12.8 Å². The van der Waals surface area contributed by atoms with Crippen LogP contribution in [0.15, 0.2) is 22.6 Å². The van der Waals surface area contributed by atoms with Gasteiger partial charge in [-0.2, -0.15) is 0 Å². The fraction of sp³-hybridized carbons (Fsp3) is 0.375. The monoisotopic (exact) mass is 320 g/mol. The Morgan fingerprint density at radius 1 is 1.45 bits per heavy atom. The number of carbonyl (C=O) groups excluding carboxylic acids is 1. The molecule has 0 unspecified atom stereocenters. The zero-order chi connectivity index (χ0) is 15.7. The van der Waals surface area contributed by atoms with E-state index in [-0.39, 0.29) is 5.91 Å². The first kappa shape index (κ1) is 14.9. The summed E-state index contributed by atoms with van der Waals surface area (Å²) in [5.74, 6) is 1.83. The SMILES string of the molecule is COc1ccc(NC(=O)c2nc(C3CCC3)oc2C)cc1Cl. The van der Waals surface area contributed by atoms with Crippen LogP contribution in [0.2, 0.25) is 5.02 Å². The molecular formula is C16H17ClN2O3. The largest absolute Gasteiger partial charge is 0.495 e. The molecule has 116 valence electrons. The van der Waals surface area contributed by atoms with Crippen molar-refractivity contribution in [2.45, 2.75) is 32.1 Å². The Bertz CT molecular complexity index is 707. The predicted octanol–water partition coefficient (Wildman–Crippen LogP) is 4.16. The maximum absolute atomic E-state index is 12.3. The molecule has 0 aliphatic heterocycles. The first-order chi connectivity index (χ1) is 10.6. The number of benzene rings is 1. The number of hydrogen-bond donors (Lipinski definition) is 1. The quantitative estimate of drug-likeness (QED) is 0.918. The molecular weight excluding hydrogens is 304 g/mol. The number of hydrogen-bond acceptors (Lipinski definition) is 4. The van der Waals surface area contributed by atoms with Crippen LogP contribution < -0.4 is 10.1 Å². The summed E-state index contributed by atoms with van der Waals surface area (Å²) < 4.78 is 10.7. The van der Waals surface area contributed by atoms with Gasteiger partial charge in [0.05, 0.1) is 12.1 Å². The van der Waals surface area contributed by atoms with E-state index in [2.05, 4.69) is 10.3 Å². The molecule has 0 radical (unpaired) electrons. The molecule has 1 heterocycles. The molecule has 1 aromatic carbocycles. The highest BCUT2D eigenvalue weighted by atomic mass is 35.5. The van der Waals surface area contributed by atoms with Gasteiger partial charge in [0.25, 0.3) is 5.91 Å². The van der Waals surface area contributed by atoms with E-state index in [1.165, 1.54) is 6.42 Å². The maximum atomic E-state index is 12.3. The van der Waals surface area contributed by atoms with E-state index in [1.54, 1.807) is 32.2 Å². The van der Waals surface area contributed by atoms with Crippen LogP contribution in [-0.2, 0) is 0 Å². The molecule has 0 atom stereocenters. The van der Waals surface area contributed by atoms with Crippen molar-refractivity contribution < 1.29 is 13.9 Å². The van der Waals surface area contributed by atoms with Crippen molar-refractivity contribution in [3.05, 3.63) is 40.6 Å². The third-order valence-electron chi connectivity index (χ3n) is 3.89. The van der Waals surface area contributed by atoms with Crippen molar-refractivity contribution in [1.29, 1.82) is 0 Å². The highest BCUT2D eigenvalue weighted by Crippen LogP contribution is 2.36. The molecule has 3 rings (SSSR count). The Hall–Kier alpha value is -2.01. The summed E-state index contributed by atoms with van der Waals surface area (Å²) in [5.41, 5.74) is 0.914. The summed E-state index contributed by atoms with van der Waals surface area (Å²) in [7, 11) is 1.54. The minimum Gasteiger partial charge on any atom is -0.495 e. The summed E-state index contributed by atoms with van der Waals surface area (Å²) in [6.45, 7) is 1.76. The number of anilines is 1.